The molecule has 4 bridgehead atoms. The molecule has 0 unspecified atom stereocenters. The van der Waals surface area contributed by atoms with Crippen LogP contribution in [0.1, 0.15) is 58.4 Å². The van der Waals surface area contributed by atoms with Crippen molar-refractivity contribution < 1.29 is 4.79 Å². The van der Waals surface area contributed by atoms with Gasteiger partial charge in [0.25, 0.3) is 5.56 Å². The molecule has 4 nitrogen and oxygen atoms in total. The Kier molecular flexibility index (Phi) is 4.01. The summed E-state index contributed by atoms with van der Waals surface area (Å²) in [5.41, 5.74) is 0.232. The minimum absolute atomic E-state index is 0.0214. The van der Waals surface area contributed by atoms with E-state index in [9.17, 15) is 9.59 Å². The minimum Gasteiger partial charge on any atom is -0.351 e. The number of hydrogen-bond acceptors (Lipinski definition) is 3. The molecule has 1 N–H and O–H groups in total. The average Bonchev–Trinajstić information content (AvgIpc) is 2.97. The lowest BCUT2D eigenvalue weighted by Crippen LogP contribution is -2.56. The van der Waals surface area contributed by atoms with Crippen molar-refractivity contribution in [1.82, 2.24) is 9.27 Å². The van der Waals surface area contributed by atoms with E-state index in [1.807, 2.05) is 31.2 Å². The number of rotatable bonds is 4. The van der Waals surface area contributed by atoms with Gasteiger partial charge in [-0.3, -0.25) is 13.5 Å². The third-order valence-electron chi connectivity index (χ3n) is 7.61. The number of carbonyl (C=O) groups is 1. The Bertz CT molecular complexity index is 908. The van der Waals surface area contributed by atoms with Gasteiger partial charge in [-0.15, -0.1) is 0 Å². The van der Waals surface area contributed by atoms with E-state index in [0.717, 1.165) is 22.5 Å². The highest BCUT2D eigenvalue weighted by Crippen LogP contribution is 2.61. The van der Waals surface area contributed by atoms with Crippen molar-refractivity contribution in [2.75, 3.05) is 0 Å². The van der Waals surface area contributed by atoms with Crippen molar-refractivity contribution in [3.8, 4) is 0 Å². The van der Waals surface area contributed by atoms with E-state index in [-0.39, 0.29) is 22.9 Å². The van der Waals surface area contributed by atoms with Crippen molar-refractivity contribution in [1.29, 1.82) is 0 Å². The highest BCUT2D eigenvalue weighted by atomic mass is 32.1. The lowest BCUT2D eigenvalue weighted by Gasteiger charge is -2.59. The maximum absolute atomic E-state index is 13.0. The Hall–Kier alpha value is -1.62. The molecule has 0 saturated heterocycles. The molecule has 0 aliphatic heterocycles. The fraction of sp³-hybridized carbons (Fsp3) is 0.636. The molecule has 6 rings (SSSR count). The number of nitrogens with zero attached hydrogens (tertiary/aromatic N) is 1. The van der Waals surface area contributed by atoms with Crippen molar-refractivity contribution in [3.63, 3.8) is 0 Å². The summed E-state index contributed by atoms with van der Waals surface area (Å²) in [6.07, 6.45) is 8.06. The largest absolute Gasteiger partial charge is 0.351 e. The molecule has 0 radical (unpaired) electrons. The Labute approximate surface area is 164 Å². The molecule has 4 saturated carbocycles. The zero-order valence-electron chi connectivity index (χ0n) is 16.1. The predicted octanol–water partition coefficient (Wildman–Crippen LogP) is 4.35. The zero-order valence-corrected chi connectivity index (χ0v) is 16.9. The summed E-state index contributed by atoms with van der Waals surface area (Å²) in [6, 6.07) is 7.31. The van der Waals surface area contributed by atoms with Gasteiger partial charge >= 0.3 is 0 Å². The molecule has 4 aliphatic carbocycles. The van der Waals surface area contributed by atoms with Gasteiger partial charge in [-0.1, -0.05) is 23.7 Å². The first-order chi connectivity index (χ1) is 12.9. The van der Waals surface area contributed by atoms with Crippen LogP contribution in [0.4, 0.5) is 0 Å². The first-order valence-corrected chi connectivity index (χ1v) is 11.1. The van der Waals surface area contributed by atoms with Crippen molar-refractivity contribution in [2.45, 2.75) is 64.5 Å². The molecular formula is C22H28N2O2S. The molecule has 4 aliphatic rings. The summed E-state index contributed by atoms with van der Waals surface area (Å²) in [4.78, 5) is 25.7. The van der Waals surface area contributed by atoms with E-state index >= 15 is 0 Å². The number of hydrogen-bond donors (Lipinski definition) is 1. The predicted molar refractivity (Wildman–Crippen MR) is 109 cm³/mol. The molecule has 2 atom stereocenters. The van der Waals surface area contributed by atoms with Gasteiger partial charge in [0.15, 0.2) is 0 Å². The van der Waals surface area contributed by atoms with Gasteiger partial charge in [0.2, 0.25) is 5.91 Å². The Morgan fingerprint density at radius 1 is 1.11 bits per heavy atom. The normalized spacial score (nSPS) is 33.9. The van der Waals surface area contributed by atoms with Gasteiger partial charge in [-0.2, -0.15) is 0 Å². The summed E-state index contributed by atoms with van der Waals surface area (Å²) in [7, 11) is 0. The number of amides is 1. The standard InChI is InChI=1S/C22H28N2O2S/c1-13(24-21(26)18-5-3-4-6-19(18)27-24)20(25)23-14(2)22-10-15-7-16(11-22)9-17(8-15)12-22/h3-6,13-17H,7-12H2,1-2H3,(H,23,25)/t13-,14-,15?,16?,17?,22?/m1/s1. The van der Waals surface area contributed by atoms with E-state index in [4.69, 9.17) is 0 Å². The first kappa shape index (κ1) is 17.5. The molecule has 4 fully saturated rings. The van der Waals surface area contributed by atoms with Crippen LogP contribution in [0.15, 0.2) is 29.1 Å². The molecule has 1 heterocycles. The number of aromatic nitrogens is 1. The molecule has 1 aromatic carbocycles. The van der Waals surface area contributed by atoms with Crippen LogP contribution >= 0.6 is 11.5 Å². The highest BCUT2D eigenvalue weighted by molar-refractivity contribution is 7.14. The van der Waals surface area contributed by atoms with Crippen molar-refractivity contribution in [2.24, 2.45) is 23.2 Å². The third kappa shape index (κ3) is 2.77. The van der Waals surface area contributed by atoms with Gasteiger partial charge in [0.1, 0.15) is 6.04 Å². The zero-order chi connectivity index (χ0) is 18.8. The molecule has 2 aromatic rings. The summed E-state index contributed by atoms with van der Waals surface area (Å²) in [6.45, 7) is 4.05. The third-order valence-corrected chi connectivity index (χ3v) is 8.84. The molecule has 144 valence electrons. The number of fused-ring (bicyclic) bond motifs is 1. The van der Waals surface area contributed by atoms with Crippen LogP contribution in [-0.4, -0.2) is 15.9 Å². The maximum Gasteiger partial charge on any atom is 0.269 e. The highest BCUT2D eigenvalue weighted by Gasteiger charge is 2.53. The van der Waals surface area contributed by atoms with Gasteiger partial charge in [0, 0.05) is 6.04 Å². The molecule has 0 spiro atoms. The molecular weight excluding hydrogens is 356 g/mol. The molecule has 1 aromatic heterocycles. The van der Waals surface area contributed by atoms with Crippen LogP contribution in [0.2, 0.25) is 0 Å². The van der Waals surface area contributed by atoms with Crippen LogP contribution in [0.25, 0.3) is 10.1 Å². The van der Waals surface area contributed by atoms with Crippen LogP contribution in [0.3, 0.4) is 0 Å². The fourth-order valence-corrected chi connectivity index (χ4v) is 7.59. The SMILES string of the molecule is C[C@H](C(=O)N[C@H](C)C12CC3CC(CC(C3)C1)C2)n1sc2ccccc2c1=O. The van der Waals surface area contributed by atoms with Gasteiger partial charge in [-0.05, 0) is 87.7 Å². The van der Waals surface area contributed by atoms with Gasteiger partial charge in [-0.25, -0.2) is 0 Å². The van der Waals surface area contributed by atoms with E-state index < -0.39 is 6.04 Å². The molecule has 27 heavy (non-hydrogen) atoms. The lowest BCUT2D eigenvalue weighted by atomic mass is 9.48. The quantitative estimate of drug-likeness (QED) is 0.852. The van der Waals surface area contributed by atoms with Crippen LogP contribution < -0.4 is 10.9 Å². The fourth-order valence-electron chi connectivity index (χ4n) is 6.55. The van der Waals surface area contributed by atoms with E-state index in [2.05, 4.69) is 12.2 Å². The second kappa shape index (κ2) is 6.20. The smallest absolute Gasteiger partial charge is 0.269 e. The summed E-state index contributed by atoms with van der Waals surface area (Å²) in [5, 5.41) is 4.02. The maximum atomic E-state index is 13.0. The monoisotopic (exact) mass is 384 g/mol. The molecule has 5 heteroatoms. The topological polar surface area (TPSA) is 51.1 Å². The van der Waals surface area contributed by atoms with E-state index in [1.165, 1.54) is 50.1 Å². The first-order valence-electron chi connectivity index (χ1n) is 10.4. The Morgan fingerprint density at radius 3 is 2.30 bits per heavy atom. The van der Waals surface area contributed by atoms with E-state index in [1.54, 1.807) is 3.96 Å². The summed E-state index contributed by atoms with van der Waals surface area (Å²) >= 11 is 1.39. The lowest BCUT2D eigenvalue weighted by molar-refractivity contribution is -0.128. The number of nitrogens with one attached hydrogen (secondary N) is 1. The average molecular weight is 385 g/mol. The van der Waals surface area contributed by atoms with Crippen molar-refractivity contribution in [3.05, 3.63) is 34.6 Å². The Balaban J connectivity index is 1.35. The second-order valence-electron chi connectivity index (χ2n) is 9.40. The second-order valence-corrected chi connectivity index (χ2v) is 10.4. The Morgan fingerprint density at radius 2 is 1.70 bits per heavy atom. The van der Waals surface area contributed by atoms with Crippen molar-refractivity contribution >= 4 is 27.5 Å². The van der Waals surface area contributed by atoms with Gasteiger partial charge < -0.3 is 5.32 Å². The van der Waals surface area contributed by atoms with Crippen LogP contribution in [0, 0.1) is 23.2 Å². The summed E-state index contributed by atoms with van der Waals surface area (Å²) < 4.78 is 2.57. The van der Waals surface area contributed by atoms with Crippen LogP contribution in [-0.2, 0) is 4.79 Å². The van der Waals surface area contributed by atoms with Gasteiger partial charge in [0.05, 0.1) is 10.1 Å². The number of carbonyl (C=O) groups excluding carboxylic acids is 1. The minimum atomic E-state index is -0.466. The summed E-state index contributed by atoms with van der Waals surface area (Å²) in [5.74, 6) is 2.60. The van der Waals surface area contributed by atoms with Crippen LogP contribution in [0.5, 0.6) is 0 Å². The number of benzene rings is 1. The van der Waals surface area contributed by atoms with E-state index in [0.29, 0.717) is 5.39 Å². The molecule has 1 amide bonds.